The van der Waals surface area contributed by atoms with Crippen LogP contribution in [0.2, 0.25) is 26.6 Å². The summed E-state index contributed by atoms with van der Waals surface area (Å²) >= 11 is -4.89. The number of rotatable bonds is 20. The van der Waals surface area contributed by atoms with Gasteiger partial charge < -0.3 is 0 Å². The average molecular weight is 655 g/mol. The zero-order valence-electron chi connectivity index (χ0n) is 23.0. The van der Waals surface area contributed by atoms with Gasteiger partial charge in [-0.2, -0.15) is 0 Å². The Morgan fingerprint density at radius 2 is 0.812 bits per heavy atom. The Kier molecular flexibility index (Phi) is 17.5. The number of hydrogen-bond acceptors (Lipinski definition) is 0. The van der Waals surface area contributed by atoms with Crippen molar-refractivity contribution in [3.05, 3.63) is 24.3 Å². The second kappa shape index (κ2) is 18.1. The van der Waals surface area contributed by atoms with E-state index in [-0.39, 0.29) is 0 Å². The summed E-state index contributed by atoms with van der Waals surface area (Å²) in [4.78, 5) is 0. The van der Waals surface area contributed by atoms with Gasteiger partial charge in [0.15, 0.2) is 0 Å². The van der Waals surface area contributed by atoms with E-state index >= 15 is 0 Å². The van der Waals surface area contributed by atoms with E-state index < -0.39 is 36.8 Å². The number of unbranched alkanes of at least 4 members (excludes halogenated alkanes) is 6. The molecule has 0 spiro atoms. The van der Waals surface area contributed by atoms with Crippen LogP contribution in [0.25, 0.3) is 0 Å². The molecule has 185 valence electrons. The Morgan fingerprint density at radius 1 is 0.500 bits per heavy atom. The summed E-state index contributed by atoms with van der Waals surface area (Å²) in [5.74, 6) is 0. The summed E-state index contributed by atoms with van der Waals surface area (Å²) < 4.78 is 13.7. The summed E-state index contributed by atoms with van der Waals surface area (Å²) in [6.45, 7) is 14.5. The molecule has 0 atom stereocenters. The molecule has 0 aromatic heterocycles. The Labute approximate surface area is 211 Å². The fourth-order valence-corrected chi connectivity index (χ4v) is 48.7. The van der Waals surface area contributed by atoms with Crippen molar-refractivity contribution in [2.45, 2.75) is 145 Å². The van der Waals surface area contributed by atoms with Crippen molar-refractivity contribution in [2.24, 2.45) is 0 Å². The quantitative estimate of drug-likeness (QED) is 0.123. The molecule has 2 heteroatoms. The predicted molar refractivity (Wildman–Crippen MR) is 154 cm³/mol. The van der Waals surface area contributed by atoms with Gasteiger partial charge in [0.05, 0.1) is 0 Å². The second-order valence-corrected chi connectivity index (χ2v) is 36.9. The molecule has 0 bridgehead atoms. The van der Waals surface area contributed by atoms with Crippen molar-refractivity contribution in [1.82, 2.24) is 0 Å². The fraction of sp³-hybridized carbons (Fsp3) is 0.800. The Balaban J connectivity index is 3.66. The van der Waals surface area contributed by atoms with Gasteiger partial charge in [-0.05, 0) is 0 Å². The molecule has 0 heterocycles. The van der Waals surface area contributed by atoms with E-state index in [4.69, 9.17) is 0 Å². The van der Waals surface area contributed by atoms with E-state index in [1.165, 1.54) is 77.0 Å². The molecule has 1 aromatic rings. The molecule has 0 saturated heterocycles. The van der Waals surface area contributed by atoms with Crippen LogP contribution >= 0.6 is 0 Å². The van der Waals surface area contributed by atoms with Crippen LogP contribution in [0.15, 0.2) is 18.2 Å². The second-order valence-electron chi connectivity index (χ2n) is 10.7. The number of hydrogen-bond donors (Lipinski definition) is 0. The molecule has 0 amide bonds. The van der Waals surface area contributed by atoms with Gasteiger partial charge in [0.2, 0.25) is 0 Å². The minimum atomic E-state index is -2.45. The maximum atomic E-state index is 3.66. The van der Waals surface area contributed by atoms with Gasteiger partial charge in [-0.15, -0.1) is 0 Å². The monoisotopic (exact) mass is 657 g/mol. The van der Waals surface area contributed by atoms with Gasteiger partial charge in [-0.1, -0.05) is 0 Å². The maximum absolute atomic E-state index is 3.66. The van der Waals surface area contributed by atoms with Gasteiger partial charge in [-0.3, -0.25) is 0 Å². The summed E-state index contributed by atoms with van der Waals surface area (Å²) in [5.41, 5.74) is 0. The van der Waals surface area contributed by atoms with Crippen LogP contribution in [0.5, 0.6) is 0 Å². The van der Waals surface area contributed by atoms with E-state index in [0.717, 1.165) is 0 Å². The molecule has 1 rings (SSSR count). The molecule has 0 aliphatic rings. The van der Waals surface area contributed by atoms with Crippen LogP contribution < -0.4 is 7.16 Å². The van der Waals surface area contributed by atoms with Crippen molar-refractivity contribution in [1.29, 1.82) is 0 Å². The summed E-state index contributed by atoms with van der Waals surface area (Å²) in [5, 5.41) is 0. The first-order chi connectivity index (χ1) is 15.6. The van der Waals surface area contributed by atoms with Gasteiger partial charge in [0.25, 0.3) is 0 Å². The predicted octanol–water partition coefficient (Wildman–Crippen LogP) is 9.60. The standard InChI is InChI=1S/C6H3.6C4H9.2Sn/c1-2-4-6-5-3-1;6*1-3-4-2;;/h1-2,5H;6*1,3-4H2,2H3;;. The average Bonchev–Trinajstić information content (AvgIpc) is 2.84. The molecule has 1 aromatic carbocycles. The molecular weight excluding hydrogens is 598 g/mol. The first-order valence-electron chi connectivity index (χ1n) is 14.6. The van der Waals surface area contributed by atoms with Crippen molar-refractivity contribution in [2.75, 3.05) is 0 Å². The van der Waals surface area contributed by atoms with Crippen LogP contribution in [0.3, 0.4) is 0 Å². The first-order valence-corrected chi connectivity index (χ1v) is 29.6. The third-order valence-electron chi connectivity index (χ3n) is 8.06. The fourth-order valence-electron chi connectivity index (χ4n) is 5.98. The van der Waals surface area contributed by atoms with E-state index in [1.54, 1.807) is 26.6 Å². The van der Waals surface area contributed by atoms with Crippen LogP contribution in [0.4, 0.5) is 0 Å². The molecule has 0 fully saturated rings. The normalized spacial score (nSPS) is 12.4. The van der Waals surface area contributed by atoms with Crippen LogP contribution in [-0.4, -0.2) is 36.8 Å². The molecule has 1 radical (unpaired) electrons. The zero-order valence-corrected chi connectivity index (χ0v) is 28.7. The molecule has 32 heavy (non-hydrogen) atoms. The summed E-state index contributed by atoms with van der Waals surface area (Å²) in [6, 6.07) is 11.3. The van der Waals surface area contributed by atoms with Gasteiger partial charge in [0.1, 0.15) is 0 Å². The van der Waals surface area contributed by atoms with Crippen molar-refractivity contribution >= 4 is 43.9 Å². The Morgan fingerprint density at radius 3 is 1.12 bits per heavy atom. The van der Waals surface area contributed by atoms with E-state index in [1.807, 2.05) is 7.16 Å². The third kappa shape index (κ3) is 9.46. The van der Waals surface area contributed by atoms with Crippen molar-refractivity contribution in [3.63, 3.8) is 0 Å². The Bertz CT molecular complexity index is 485. The molecule has 0 unspecified atom stereocenters. The van der Waals surface area contributed by atoms with Crippen molar-refractivity contribution < 1.29 is 0 Å². The molecule has 0 aliphatic heterocycles. The molecule has 0 saturated carbocycles. The van der Waals surface area contributed by atoms with Crippen LogP contribution in [0.1, 0.15) is 119 Å². The van der Waals surface area contributed by atoms with E-state index in [9.17, 15) is 0 Å². The summed E-state index contributed by atoms with van der Waals surface area (Å²) in [7, 11) is 0. The van der Waals surface area contributed by atoms with E-state index in [0.29, 0.717) is 0 Å². The van der Waals surface area contributed by atoms with Crippen LogP contribution in [-0.2, 0) is 0 Å². The van der Waals surface area contributed by atoms with Gasteiger partial charge in [0, 0.05) is 0 Å². The zero-order chi connectivity index (χ0) is 23.7. The minimum absolute atomic E-state index is 1.37. The topological polar surface area (TPSA) is 0 Å². The van der Waals surface area contributed by atoms with Gasteiger partial charge >= 0.3 is 213 Å². The SMILES string of the molecule is CCC[CH2][Sn]([CH2]CCC)([CH2]CCC)[c]1c[c]cc[c]1[Sn]([CH2]CCC)([CH2]CCC)[CH2]CCC. The summed E-state index contributed by atoms with van der Waals surface area (Å²) in [6.07, 6.45) is 17.1. The number of benzene rings is 1. The molecule has 0 N–H and O–H groups in total. The van der Waals surface area contributed by atoms with Gasteiger partial charge in [-0.25, -0.2) is 0 Å². The van der Waals surface area contributed by atoms with Crippen LogP contribution in [0, 0.1) is 6.07 Å². The third-order valence-corrected chi connectivity index (χ3v) is 41.5. The molecular formula is C30H57Sn2. The Hall–Kier alpha value is 0.817. The molecule has 0 aliphatic carbocycles. The van der Waals surface area contributed by atoms with Crippen molar-refractivity contribution in [3.8, 4) is 0 Å². The molecule has 0 nitrogen and oxygen atoms in total. The first kappa shape index (κ1) is 30.8. The van der Waals surface area contributed by atoms with E-state index in [2.05, 4.69) is 65.8 Å².